The maximum atomic E-state index is 12.1. The van der Waals surface area contributed by atoms with E-state index in [1.54, 1.807) is 6.08 Å². The highest BCUT2D eigenvalue weighted by Crippen LogP contribution is 2.36. The smallest absolute Gasteiger partial charge is 0.191 e. The van der Waals surface area contributed by atoms with Crippen LogP contribution < -0.4 is 0 Å². The van der Waals surface area contributed by atoms with Crippen molar-refractivity contribution in [3.8, 4) is 0 Å². The van der Waals surface area contributed by atoms with Crippen LogP contribution in [-0.4, -0.2) is 20.7 Å². The van der Waals surface area contributed by atoms with Crippen LogP contribution in [0.15, 0.2) is 60.3 Å². The zero-order valence-corrected chi connectivity index (χ0v) is 20.5. The maximum Gasteiger partial charge on any atom is 0.191 e. The largest absolute Gasteiger partial charge is 0.417 e. The van der Waals surface area contributed by atoms with Crippen LogP contribution in [0.2, 0.25) is 18.1 Å². The van der Waals surface area contributed by atoms with Gasteiger partial charge in [-0.3, -0.25) is 4.79 Å². The summed E-state index contributed by atoms with van der Waals surface area (Å²) < 4.78 is 6.23. The molecule has 0 aromatic heterocycles. The molecule has 0 radical (unpaired) electrons. The molecule has 1 atom stereocenters. The quantitative estimate of drug-likeness (QED) is 0.141. The van der Waals surface area contributed by atoms with Gasteiger partial charge in [0.05, 0.1) is 0 Å². The molecule has 0 heterocycles. The van der Waals surface area contributed by atoms with Crippen molar-refractivity contribution in [2.24, 2.45) is 5.92 Å². The topological polar surface area (TPSA) is 26.3 Å². The van der Waals surface area contributed by atoms with Crippen LogP contribution in [0, 0.1) is 5.92 Å². The van der Waals surface area contributed by atoms with E-state index < -0.39 is 8.32 Å². The summed E-state index contributed by atoms with van der Waals surface area (Å²) in [5, 5.41) is 0.283. The molecule has 0 bridgehead atoms. The van der Waals surface area contributed by atoms with Crippen molar-refractivity contribution >= 4 is 14.1 Å². The van der Waals surface area contributed by atoms with E-state index in [1.807, 2.05) is 18.2 Å². The van der Waals surface area contributed by atoms with Gasteiger partial charge in [-0.05, 0) is 62.7 Å². The van der Waals surface area contributed by atoms with E-state index in [0.29, 0.717) is 0 Å². The molecule has 0 spiro atoms. The summed E-state index contributed by atoms with van der Waals surface area (Å²) in [6.07, 6.45) is 24.9. The van der Waals surface area contributed by atoms with Crippen LogP contribution in [0.1, 0.15) is 66.2 Å². The lowest BCUT2D eigenvalue weighted by Gasteiger charge is -2.36. The molecule has 0 N–H and O–H groups in total. The van der Waals surface area contributed by atoms with Gasteiger partial charge in [-0.2, -0.15) is 0 Å². The molecule has 0 unspecified atom stereocenters. The number of allylic oxidation sites excluding steroid dienone is 10. The summed E-state index contributed by atoms with van der Waals surface area (Å²) in [6, 6.07) is 0. The lowest BCUT2D eigenvalue weighted by molar-refractivity contribution is -0.111. The molecule has 2 nitrogen and oxygen atoms in total. The Kier molecular flexibility index (Phi) is 11.4. The predicted molar refractivity (Wildman–Crippen MR) is 130 cm³/mol. The number of rotatable bonds is 12. The van der Waals surface area contributed by atoms with Crippen molar-refractivity contribution in [3.63, 3.8) is 0 Å². The van der Waals surface area contributed by atoms with Crippen molar-refractivity contribution in [3.05, 3.63) is 60.3 Å². The molecule has 3 heteroatoms. The van der Waals surface area contributed by atoms with Crippen LogP contribution in [0.3, 0.4) is 0 Å². The van der Waals surface area contributed by atoms with Gasteiger partial charge in [0.25, 0.3) is 0 Å². The van der Waals surface area contributed by atoms with Gasteiger partial charge in [0.1, 0.15) is 0 Å². The van der Waals surface area contributed by atoms with Gasteiger partial charge in [-0.15, -0.1) is 0 Å². The van der Waals surface area contributed by atoms with Crippen LogP contribution in [0.5, 0.6) is 0 Å². The van der Waals surface area contributed by atoms with Gasteiger partial charge >= 0.3 is 0 Å². The Morgan fingerprint density at radius 2 is 1.83 bits per heavy atom. The molecule has 0 fully saturated rings. The van der Waals surface area contributed by atoms with Crippen LogP contribution in [0.4, 0.5) is 0 Å². The molecule has 1 rings (SSSR count). The number of ketones is 1. The summed E-state index contributed by atoms with van der Waals surface area (Å²) in [5.41, 5.74) is 0.910. The molecular weight excluding hydrogens is 372 g/mol. The van der Waals surface area contributed by atoms with Crippen LogP contribution >= 0.6 is 0 Å². The van der Waals surface area contributed by atoms with Crippen LogP contribution in [-0.2, 0) is 9.22 Å². The highest BCUT2D eigenvalue weighted by Gasteiger charge is 2.36. The number of carbonyl (C=O) groups excluding carboxylic acids is 1. The third-order valence-electron chi connectivity index (χ3n) is 5.84. The third kappa shape index (κ3) is 9.73. The Morgan fingerprint density at radius 3 is 2.52 bits per heavy atom. The van der Waals surface area contributed by atoms with E-state index in [2.05, 4.69) is 71.2 Å². The van der Waals surface area contributed by atoms with E-state index in [4.69, 9.17) is 4.43 Å². The van der Waals surface area contributed by atoms with Gasteiger partial charge in [-0.1, -0.05) is 76.3 Å². The normalized spacial score (nSPS) is 19.7. The summed E-state index contributed by atoms with van der Waals surface area (Å²) in [6.45, 7) is 14.5. The second kappa shape index (κ2) is 13.0. The van der Waals surface area contributed by atoms with Crippen molar-refractivity contribution in [1.82, 2.24) is 0 Å². The second-order valence-electron chi connectivity index (χ2n) is 9.31. The van der Waals surface area contributed by atoms with E-state index in [1.165, 1.54) is 0 Å². The first-order valence-corrected chi connectivity index (χ1v) is 14.1. The van der Waals surface area contributed by atoms with E-state index in [0.717, 1.165) is 50.7 Å². The average molecular weight is 415 g/mol. The fourth-order valence-corrected chi connectivity index (χ4v) is 3.95. The molecule has 0 saturated heterocycles. The Morgan fingerprint density at radius 1 is 1.07 bits per heavy atom. The number of unbranched alkanes of at least 4 members (excludes halogenated alkanes) is 2. The molecule has 0 aliphatic heterocycles. The Bertz CT molecular complexity index is 642. The van der Waals surface area contributed by atoms with Gasteiger partial charge < -0.3 is 4.43 Å². The molecule has 0 aromatic rings. The van der Waals surface area contributed by atoms with E-state index >= 15 is 0 Å². The summed E-state index contributed by atoms with van der Waals surface area (Å²) in [7, 11) is -1.61. The Hall–Kier alpha value is -1.45. The van der Waals surface area contributed by atoms with Crippen molar-refractivity contribution in [2.75, 3.05) is 6.61 Å². The first-order valence-electron chi connectivity index (χ1n) is 11.2. The van der Waals surface area contributed by atoms with Crippen molar-refractivity contribution in [2.45, 2.75) is 84.4 Å². The first-order chi connectivity index (χ1) is 13.7. The fraction of sp³-hybridized carbons (Fsp3) is 0.577. The molecule has 0 aromatic carbocycles. The lowest BCUT2D eigenvalue weighted by Crippen LogP contribution is -2.40. The molecule has 0 amide bonds. The molecule has 1 aliphatic rings. The minimum atomic E-state index is -1.61. The van der Waals surface area contributed by atoms with Gasteiger partial charge in [-0.25, -0.2) is 0 Å². The zero-order valence-electron chi connectivity index (χ0n) is 19.5. The van der Waals surface area contributed by atoms with Crippen LogP contribution in [0.25, 0.3) is 0 Å². The Balaban J connectivity index is 2.31. The molecule has 162 valence electrons. The highest BCUT2D eigenvalue weighted by molar-refractivity contribution is 6.74. The highest BCUT2D eigenvalue weighted by atomic mass is 28.4. The monoisotopic (exact) mass is 414 g/mol. The fourth-order valence-electron chi connectivity index (χ4n) is 2.86. The van der Waals surface area contributed by atoms with Gasteiger partial charge in [0, 0.05) is 18.1 Å². The molecule has 1 aliphatic carbocycles. The standard InChI is InChI=1S/C26H42O2Si/c1-7-8-9-10-13-16-19-24-23(20-21-25(24)27)18-15-12-11-14-17-22-28-29(5,6)26(2,3)4/h8-9,12-13,15-16,19-21,23H,7,10-11,14,17-18,22H2,1-6H3/b9-8-,15-12-,16-13+,24-19+/t23-/m0/s1. The molecule has 0 saturated carbocycles. The SMILES string of the molecule is CC/C=C\C/C=C/C=C1/C(=O)C=C[C@@H]1C/C=C\CCCCO[Si](C)(C)C(C)(C)C. The molecular formula is C26H42O2Si. The first kappa shape index (κ1) is 25.6. The summed E-state index contributed by atoms with van der Waals surface area (Å²) >= 11 is 0. The predicted octanol–water partition coefficient (Wildman–Crippen LogP) is 7.72. The minimum absolute atomic E-state index is 0.153. The third-order valence-corrected chi connectivity index (χ3v) is 10.4. The number of carbonyl (C=O) groups is 1. The molecule has 29 heavy (non-hydrogen) atoms. The Labute approximate surface area is 180 Å². The minimum Gasteiger partial charge on any atom is -0.417 e. The van der Waals surface area contributed by atoms with E-state index in [9.17, 15) is 4.79 Å². The maximum absolute atomic E-state index is 12.1. The van der Waals surface area contributed by atoms with Gasteiger partial charge in [0.2, 0.25) is 0 Å². The number of hydrogen-bond acceptors (Lipinski definition) is 2. The average Bonchev–Trinajstić information content (AvgIpc) is 2.99. The second-order valence-corrected chi connectivity index (χ2v) is 14.1. The number of hydrogen-bond donors (Lipinski definition) is 0. The van der Waals surface area contributed by atoms with E-state index in [-0.39, 0.29) is 16.7 Å². The van der Waals surface area contributed by atoms with Gasteiger partial charge in [0.15, 0.2) is 14.1 Å². The summed E-state index contributed by atoms with van der Waals surface area (Å²) in [4.78, 5) is 12.1. The zero-order chi connectivity index (χ0) is 21.8. The van der Waals surface area contributed by atoms with Crippen molar-refractivity contribution in [1.29, 1.82) is 0 Å². The van der Waals surface area contributed by atoms with Crippen molar-refractivity contribution < 1.29 is 9.22 Å². The summed E-state index contributed by atoms with van der Waals surface area (Å²) in [5.74, 6) is 0.372. The lowest BCUT2D eigenvalue weighted by atomic mass is 9.97.